The highest BCUT2D eigenvalue weighted by atomic mass is 19.4. The maximum Gasteiger partial charge on any atom is 0.437 e. The normalized spacial score (nSPS) is 18.8. The molecule has 1 amide bonds. The third-order valence-corrected chi connectivity index (χ3v) is 9.10. The highest BCUT2D eigenvalue weighted by Crippen LogP contribution is 2.43. The van der Waals surface area contributed by atoms with Crippen LogP contribution in [0.5, 0.6) is 11.5 Å². The van der Waals surface area contributed by atoms with Crippen molar-refractivity contribution in [1.82, 2.24) is 19.7 Å². The molecule has 3 heterocycles. The summed E-state index contributed by atoms with van der Waals surface area (Å²) in [4.78, 5) is 18.7. The summed E-state index contributed by atoms with van der Waals surface area (Å²) in [6.45, 7) is 8.74. The summed E-state index contributed by atoms with van der Waals surface area (Å²) in [6, 6.07) is 6.29. The number of benzene rings is 1. The van der Waals surface area contributed by atoms with Gasteiger partial charge in [0.1, 0.15) is 17.2 Å². The molecule has 1 saturated carbocycles. The van der Waals surface area contributed by atoms with Crippen molar-refractivity contribution in [3.05, 3.63) is 64.2 Å². The maximum atomic E-state index is 13.7. The fourth-order valence-corrected chi connectivity index (χ4v) is 6.41. The fraction of sp³-hybridized carbons (Fsp3) is 0.531. The van der Waals surface area contributed by atoms with Crippen LogP contribution in [0.3, 0.4) is 0 Å². The number of phenolic OH excluding ortho intramolecular Hbond substituents is 1. The number of carbonyl (C=O) groups excluding carboxylic acids is 1. The second-order valence-electron chi connectivity index (χ2n) is 11.9. The number of rotatable bonds is 8. The molecule has 5 rings (SSSR count). The van der Waals surface area contributed by atoms with E-state index in [-0.39, 0.29) is 23.3 Å². The number of alkyl halides is 3. The Morgan fingerprint density at radius 3 is 2.43 bits per heavy atom. The highest BCUT2D eigenvalue weighted by Gasteiger charge is 2.39. The molecular weight excluding hydrogens is 545 g/mol. The lowest BCUT2D eigenvalue weighted by atomic mass is 9.80. The van der Waals surface area contributed by atoms with Crippen LogP contribution in [0.2, 0.25) is 0 Å². The van der Waals surface area contributed by atoms with E-state index in [1.165, 1.54) is 6.42 Å². The van der Waals surface area contributed by atoms with Gasteiger partial charge in [0.05, 0.1) is 23.0 Å². The zero-order valence-electron chi connectivity index (χ0n) is 24.6. The van der Waals surface area contributed by atoms with Crippen LogP contribution in [0.4, 0.5) is 13.2 Å². The van der Waals surface area contributed by atoms with Crippen molar-refractivity contribution in [3.8, 4) is 17.2 Å². The van der Waals surface area contributed by atoms with Crippen molar-refractivity contribution in [3.63, 3.8) is 0 Å². The molecule has 2 aliphatic rings. The second kappa shape index (κ2) is 11.6. The summed E-state index contributed by atoms with van der Waals surface area (Å²) in [7, 11) is 0. The van der Waals surface area contributed by atoms with Crippen molar-refractivity contribution in [2.24, 2.45) is 5.92 Å². The molecule has 7 nitrogen and oxygen atoms in total. The van der Waals surface area contributed by atoms with E-state index in [2.05, 4.69) is 31.8 Å². The Labute approximate surface area is 244 Å². The quantitative estimate of drug-likeness (QED) is 0.284. The number of nitrogens with zero attached hydrogens (tertiary/aromatic N) is 4. The third-order valence-electron chi connectivity index (χ3n) is 9.10. The van der Waals surface area contributed by atoms with Crippen LogP contribution in [0.1, 0.15) is 123 Å². The van der Waals surface area contributed by atoms with Gasteiger partial charge in [0.2, 0.25) is 0 Å². The zero-order chi connectivity index (χ0) is 30.3. The molecule has 2 aromatic heterocycles. The summed E-state index contributed by atoms with van der Waals surface area (Å²) in [5.41, 5.74) is 2.93. The Bertz CT molecular complexity index is 1460. The molecule has 42 heavy (non-hydrogen) atoms. The van der Waals surface area contributed by atoms with Gasteiger partial charge in [0.25, 0.3) is 5.91 Å². The number of amides is 1. The van der Waals surface area contributed by atoms with Gasteiger partial charge in [-0.1, -0.05) is 46.6 Å². The summed E-state index contributed by atoms with van der Waals surface area (Å²) < 4.78 is 41.3. The van der Waals surface area contributed by atoms with Crippen molar-refractivity contribution in [2.45, 2.75) is 96.7 Å². The van der Waals surface area contributed by atoms with Crippen LogP contribution in [-0.4, -0.2) is 42.3 Å². The molecule has 3 atom stereocenters. The van der Waals surface area contributed by atoms with Gasteiger partial charge < -0.3 is 15.1 Å². The lowest BCUT2D eigenvalue weighted by Gasteiger charge is -2.36. The minimum atomic E-state index is -4.82. The van der Waals surface area contributed by atoms with Gasteiger partial charge >= 0.3 is 6.18 Å². The number of aromatic nitrogens is 3. The Hall–Kier alpha value is -3.56. The first-order chi connectivity index (χ1) is 19.9. The first-order valence-corrected chi connectivity index (χ1v) is 15.0. The molecule has 0 bridgehead atoms. The highest BCUT2D eigenvalue weighted by molar-refractivity contribution is 5.95. The Balaban J connectivity index is 1.56. The van der Waals surface area contributed by atoms with Crippen LogP contribution in [0.25, 0.3) is 5.69 Å². The number of hydrogen-bond donors (Lipinski definition) is 2. The lowest BCUT2D eigenvalue weighted by Crippen LogP contribution is -2.40. The molecular formula is C32H39F3N4O3. The number of pyridine rings is 1. The predicted octanol–water partition coefficient (Wildman–Crippen LogP) is 7.65. The van der Waals surface area contributed by atoms with E-state index in [0.717, 1.165) is 60.5 Å². The van der Waals surface area contributed by atoms with Crippen molar-refractivity contribution < 1.29 is 28.2 Å². The standard InChI is InChI=1S/C32H39F3N4O3/c1-5-18(3)14-19(4)29-28-23(6-2)38(31(42)22-16-27(41)30(36-17-22)32(33,34)35)13-12-25(28)39(37-29)24-11-10-21(15-26(24)40)20-8-7-9-20/h10-11,15-20,23,40-41H,5-9,12-14H2,1-4H3. The van der Waals surface area contributed by atoms with E-state index in [1.807, 2.05) is 23.7 Å². The van der Waals surface area contributed by atoms with Crippen LogP contribution in [0, 0.1) is 5.92 Å². The second-order valence-corrected chi connectivity index (χ2v) is 11.9. The first kappa shape index (κ1) is 29.9. The molecule has 0 spiro atoms. The molecule has 3 unspecified atom stereocenters. The number of phenols is 1. The smallest absolute Gasteiger partial charge is 0.437 e. The molecule has 1 aliphatic heterocycles. The zero-order valence-corrected chi connectivity index (χ0v) is 24.6. The maximum absolute atomic E-state index is 13.7. The molecule has 1 fully saturated rings. The van der Waals surface area contributed by atoms with Crippen molar-refractivity contribution in [2.75, 3.05) is 6.54 Å². The van der Waals surface area contributed by atoms with Gasteiger partial charge in [-0.15, -0.1) is 0 Å². The SMILES string of the molecule is CCC(C)CC(C)c1nn(-c2ccc(C3CCC3)cc2O)c2c1C(CC)N(C(=O)c1cnc(C(F)(F)F)c(O)c1)CC2. The lowest BCUT2D eigenvalue weighted by molar-refractivity contribution is -0.142. The largest absolute Gasteiger partial charge is 0.506 e. The summed E-state index contributed by atoms with van der Waals surface area (Å²) in [6.07, 6.45) is 2.43. The number of halogens is 3. The minimum absolute atomic E-state index is 0.0761. The van der Waals surface area contributed by atoms with E-state index in [1.54, 1.807) is 4.90 Å². The third kappa shape index (κ3) is 5.47. The van der Waals surface area contributed by atoms with Crippen molar-refractivity contribution in [1.29, 1.82) is 0 Å². The van der Waals surface area contributed by atoms with E-state index in [0.29, 0.717) is 36.9 Å². The van der Waals surface area contributed by atoms with Crippen LogP contribution < -0.4 is 0 Å². The van der Waals surface area contributed by atoms with E-state index in [9.17, 15) is 28.2 Å². The Kier molecular flexibility index (Phi) is 8.27. The van der Waals surface area contributed by atoms with Gasteiger partial charge in [-0.25, -0.2) is 9.67 Å². The Morgan fingerprint density at radius 1 is 1.12 bits per heavy atom. The van der Waals surface area contributed by atoms with Crippen molar-refractivity contribution >= 4 is 5.91 Å². The number of fused-ring (bicyclic) bond motifs is 1. The Morgan fingerprint density at radius 2 is 1.86 bits per heavy atom. The van der Waals surface area contributed by atoms with Gasteiger partial charge in [0.15, 0.2) is 5.69 Å². The molecule has 1 aliphatic carbocycles. The molecule has 0 saturated heterocycles. The topological polar surface area (TPSA) is 91.5 Å². The van der Waals surface area contributed by atoms with Gasteiger partial charge in [-0.05, 0) is 61.3 Å². The average molecular weight is 585 g/mol. The molecule has 10 heteroatoms. The molecule has 1 aromatic carbocycles. The summed E-state index contributed by atoms with van der Waals surface area (Å²) in [5, 5.41) is 26.2. The molecule has 0 radical (unpaired) electrons. The van der Waals surface area contributed by atoms with Crippen LogP contribution >= 0.6 is 0 Å². The number of carbonyl (C=O) groups is 1. The van der Waals surface area contributed by atoms with E-state index >= 15 is 0 Å². The van der Waals surface area contributed by atoms with Gasteiger partial charge in [0, 0.05) is 30.6 Å². The average Bonchev–Trinajstić information content (AvgIpc) is 3.30. The first-order valence-electron chi connectivity index (χ1n) is 15.0. The molecule has 3 aromatic rings. The summed E-state index contributed by atoms with van der Waals surface area (Å²) in [5.74, 6) is -0.388. The monoisotopic (exact) mass is 584 g/mol. The van der Waals surface area contributed by atoms with E-state index < -0.39 is 23.5 Å². The molecule has 2 N–H and O–H groups in total. The predicted molar refractivity (Wildman–Crippen MR) is 153 cm³/mol. The van der Waals surface area contributed by atoms with Crippen LogP contribution in [0.15, 0.2) is 30.5 Å². The van der Waals surface area contributed by atoms with Gasteiger partial charge in [-0.3, -0.25) is 4.79 Å². The number of aromatic hydroxyl groups is 2. The molecule has 226 valence electrons. The minimum Gasteiger partial charge on any atom is -0.506 e. The van der Waals surface area contributed by atoms with Gasteiger partial charge in [-0.2, -0.15) is 18.3 Å². The van der Waals surface area contributed by atoms with E-state index in [4.69, 9.17) is 5.10 Å². The summed E-state index contributed by atoms with van der Waals surface area (Å²) >= 11 is 0. The fourth-order valence-electron chi connectivity index (χ4n) is 6.41. The number of hydrogen-bond acceptors (Lipinski definition) is 5. The van der Waals surface area contributed by atoms with Crippen LogP contribution in [-0.2, 0) is 12.6 Å².